The zero-order valence-electron chi connectivity index (χ0n) is 67.8. The molecule has 0 aliphatic rings. The van der Waals surface area contributed by atoms with Crippen molar-refractivity contribution < 1.29 is 80.2 Å². The van der Waals surface area contributed by atoms with E-state index in [4.69, 9.17) is 37.0 Å². The number of unbranched alkanes of at least 4 members (excludes halogenated alkanes) is 49. The summed E-state index contributed by atoms with van der Waals surface area (Å²) < 4.78 is 68.8. The number of hydrogen-bond acceptors (Lipinski definition) is 15. The Bertz CT molecular complexity index is 1990. The largest absolute Gasteiger partial charge is 0.472 e. The van der Waals surface area contributed by atoms with Crippen molar-refractivity contribution in [2.24, 2.45) is 17.8 Å². The van der Waals surface area contributed by atoms with E-state index >= 15 is 0 Å². The Balaban J connectivity index is 5.22. The minimum Gasteiger partial charge on any atom is -0.462 e. The number of ether oxygens (including phenoxy) is 4. The summed E-state index contributed by atoms with van der Waals surface area (Å²) in [5.74, 6) is 0.260. The standard InChI is InChI=1S/C84H164O17P2/c1-8-10-11-12-13-14-15-16-21-27-33-38-45-53-60-67-84(89)101-80(72-95-82(87)66-59-52-47-40-42-49-56-63-76(5)6)74-99-103(92,93)97-70-78(85)69-96-102(90,91)98-73-79(71-94-81(86)65-58-51-44-37-32-29-24-25-30-35-41-48-55-62-75(3)4)100-83(88)68-61-54-46-39-34-28-23-20-18-17-19-22-26-31-36-43-50-57-64-77(7)9-2/h75-80,85H,8-74H2,1-7H3,(H,90,91)(H,92,93)/t77?,78-,79-,80-/m1/s1. The molecule has 0 saturated carbocycles. The highest BCUT2D eigenvalue weighted by Crippen LogP contribution is 2.45. The Morgan fingerprint density at radius 3 is 0.738 bits per heavy atom. The van der Waals surface area contributed by atoms with Gasteiger partial charge < -0.3 is 33.8 Å². The average Bonchev–Trinajstić information content (AvgIpc) is 0.926. The number of rotatable bonds is 82. The number of aliphatic hydroxyl groups excluding tert-OH is 1. The lowest BCUT2D eigenvalue weighted by atomic mass is 9.99. The molecule has 0 aromatic carbocycles. The third-order valence-electron chi connectivity index (χ3n) is 20.0. The summed E-state index contributed by atoms with van der Waals surface area (Å²) in [5, 5.41) is 10.7. The molecule has 0 aromatic heterocycles. The molecular formula is C84H164O17P2. The summed E-state index contributed by atoms with van der Waals surface area (Å²) >= 11 is 0. The molecule has 0 radical (unpaired) electrons. The second kappa shape index (κ2) is 74.2. The van der Waals surface area contributed by atoms with Gasteiger partial charge in [-0.1, -0.05) is 389 Å². The quantitative estimate of drug-likeness (QED) is 0.0222. The molecule has 0 aromatic rings. The van der Waals surface area contributed by atoms with E-state index in [9.17, 15) is 43.2 Å². The monoisotopic (exact) mass is 1510 g/mol. The van der Waals surface area contributed by atoms with Gasteiger partial charge >= 0.3 is 39.5 Å². The Kier molecular flexibility index (Phi) is 72.8. The van der Waals surface area contributed by atoms with Crippen LogP contribution in [0.4, 0.5) is 0 Å². The van der Waals surface area contributed by atoms with Crippen molar-refractivity contribution in [1.82, 2.24) is 0 Å². The molecule has 3 unspecified atom stereocenters. The van der Waals surface area contributed by atoms with Gasteiger partial charge in [0, 0.05) is 25.7 Å². The summed E-state index contributed by atoms with van der Waals surface area (Å²) in [6.07, 6.45) is 63.9. The summed E-state index contributed by atoms with van der Waals surface area (Å²) in [5.41, 5.74) is 0. The highest BCUT2D eigenvalue weighted by atomic mass is 31.2. The van der Waals surface area contributed by atoms with Gasteiger partial charge in [0.05, 0.1) is 26.4 Å². The van der Waals surface area contributed by atoms with E-state index in [0.29, 0.717) is 31.6 Å². The zero-order chi connectivity index (χ0) is 75.8. The molecule has 0 spiro atoms. The summed E-state index contributed by atoms with van der Waals surface area (Å²) in [6, 6.07) is 0. The van der Waals surface area contributed by atoms with Crippen molar-refractivity contribution in [3.63, 3.8) is 0 Å². The van der Waals surface area contributed by atoms with Crippen LogP contribution in [0.15, 0.2) is 0 Å². The van der Waals surface area contributed by atoms with Crippen LogP contribution >= 0.6 is 15.6 Å². The predicted molar refractivity (Wildman–Crippen MR) is 423 cm³/mol. The first-order valence-corrected chi connectivity index (χ1v) is 46.4. The molecule has 0 heterocycles. The first-order valence-electron chi connectivity index (χ1n) is 43.4. The second-order valence-corrected chi connectivity index (χ2v) is 34.3. The van der Waals surface area contributed by atoms with Gasteiger partial charge in [-0.3, -0.25) is 37.3 Å². The summed E-state index contributed by atoms with van der Waals surface area (Å²) in [4.78, 5) is 73.1. The van der Waals surface area contributed by atoms with Gasteiger partial charge in [-0.25, -0.2) is 9.13 Å². The molecule has 0 bridgehead atoms. The van der Waals surface area contributed by atoms with Gasteiger partial charge in [0.1, 0.15) is 19.3 Å². The van der Waals surface area contributed by atoms with E-state index < -0.39 is 97.5 Å². The predicted octanol–water partition coefficient (Wildman–Crippen LogP) is 25.3. The summed E-state index contributed by atoms with van der Waals surface area (Å²) in [7, 11) is -9.92. The molecule has 6 atom stereocenters. The maximum atomic E-state index is 13.1. The van der Waals surface area contributed by atoms with E-state index in [1.54, 1.807) is 0 Å². The van der Waals surface area contributed by atoms with Gasteiger partial charge in [-0.05, 0) is 43.4 Å². The minimum absolute atomic E-state index is 0.107. The number of carbonyl (C=O) groups is 4. The number of aliphatic hydroxyl groups is 1. The first kappa shape index (κ1) is 101. The zero-order valence-corrected chi connectivity index (χ0v) is 69.6. The molecule has 103 heavy (non-hydrogen) atoms. The fourth-order valence-electron chi connectivity index (χ4n) is 13.0. The fourth-order valence-corrected chi connectivity index (χ4v) is 14.6. The maximum Gasteiger partial charge on any atom is 0.472 e. The molecule has 0 amide bonds. The van der Waals surface area contributed by atoms with Crippen LogP contribution in [0.25, 0.3) is 0 Å². The van der Waals surface area contributed by atoms with Gasteiger partial charge in [0.25, 0.3) is 0 Å². The highest BCUT2D eigenvalue weighted by Gasteiger charge is 2.30. The van der Waals surface area contributed by atoms with Crippen LogP contribution in [0.5, 0.6) is 0 Å². The SMILES string of the molecule is CCCCCCCCCCCCCCCCCC(=O)O[C@H](COC(=O)CCCCCCCCCC(C)C)COP(=O)(O)OC[C@H](O)COP(=O)(O)OC[C@@H](COC(=O)CCCCCCCCCCCCCCCC(C)C)OC(=O)CCCCCCCCCCCCCCCCCCCCC(C)CC. The van der Waals surface area contributed by atoms with Crippen molar-refractivity contribution >= 4 is 39.5 Å². The number of hydrogen-bond donors (Lipinski definition) is 3. The van der Waals surface area contributed by atoms with Crippen molar-refractivity contribution in [3.05, 3.63) is 0 Å². The topological polar surface area (TPSA) is 237 Å². The molecule has 0 fully saturated rings. The molecule has 0 aliphatic carbocycles. The van der Waals surface area contributed by atoms with Crippen molar-refractivity contribution in [3.8, 4) is 0 Å². The Morgan fingerprint density at radius 2 is 0.495 bits per heavy atom. The molecule has 0 rings (SSSR count). The van der Waals surface area contributed by atoms with Crippen LogP contribution in [-0.4, -0.2) is 96.7 Å². The molecule has 17 nitrogen and oxygen atoms in total. The second-order valence-electron chi connectivity index (χ2n) is 31.4. The fraction of sp³-hybridized carbons (Fsp3) is 0.952. The molecule has 0 aliphatic heterocycles. The summed E-state index contributed by atoms with van der Waals surface area (Å²) in [6.45, 7) is 12.0. The molecular weight excluding hydrogens is 1340 g/mol. The van der Waals surface area contributed by atoms with E-state index in [-0.39, 0.29) is 25.7 Å². The van der Waals surface area contributed by atoms with Crippen molar-refractivity contribution in [1.29, 1.82) is 0 Å². The van der Waals surface area contributed by atoms with Gasteiger partial charge in [0.15, 0.2) is 12.2 Å². The van der Waals surface area contributed by atoms with Gasteiger partial charge in [0.2, 0.25) is 0 Å². The van der Waals surface area contributed by atoms with E-state index in [2.05, 4.69) is 48.5 Å². The van der Waals surface area contributed by atoms with Crippen molar-refractivity contribution in [2.45, 2.75) is 458 Å². The average molecular weight is 1510 g/mol. The molecule has 3 N–H and O–H groups in total. The van der Waals surface area contributed by atoms with Crippen LogP contribution in [0.1, 0.15) is 440 Å². The van der Waals surface area contributed by atoms with Crippen LogP contribution < -0.4 is 0 Å². The van der Waals surface area contributed by atoms with Gasteiger partial charge in [-0.2, -0.15) is 0 Å². The minimum atomic E-state index is -4.96. The smallest absolute Gasteiger partial charge is 0.462 e. The third-order valence-corrected chi connectivity index (χ3v) is 21.9. The van der Waals surface area contributed by atoms with E-state index in [0.717, 1.165) is 108 Å². The van der Waals surface area contributed by atoms with Crippen LogP contribution in [0.2, 0.25) is 0 Å². The Morgan fingerprint density at radius 1 is 0.282 bits per heavy atom. The van der Waals surface area contributed by atoms with Crippen LogP contribution in [-0.2, 0) is 65.4 Å². The van der Waals surface area contributed by atoms with Crippen molar-refractivity contribution in [2.75, 3.05) is 39.6 Å². The van der Waals surface area contributed by atoms with Crippen LogP contribution in [0.3, 0.4) is 0 Å². The first-order chi connectivity index (χ1) is 49.8. The third kappa shape index (κ3) is 76.6. The molecule has 19 heteroatoms. The lowest BCUT2D eigenvalue weighted by Crippen LogP contribution is -2.30. The lowest BCUT2D eigenvalue weighted by molar-refractivity contribution is -0.161. The Hall–Kier alpha value is -1.94. The molecule has 612 valence electrons. The Labute approximate surface area is 632 Å². The van der Waals surface area contributed by atoms with E-state index in [1.807, 2.05) is 0 Å². The normalized spacial score (nSPS) is 14.2. The highest BCUT2D eigenvalue weighted by molar-refractivity contribution is 7.47. The van der Waals surface area contributed by atoms with E-state index in [1.165, 1.54) is 244 Å². The number of esters is 4. The van der Waals surface area contributed by atoms with Gasteiger partial charge in [-0.15, -0.1) is 0 Å². The number of phosphoric acid groups is 2. The number of phosphoric ester groups is 2. The lowest BCUT2D eigenvalue weighted by Gasteiger charge is -2.21. The molecule has 0 saturated heterocycles. The number of carbonyl (C=O) groups excluding carboxylic acids is 4. The maximum absolute atomic E-state index is 13.1. The van der Waals surface area contributed by atoms with Crippen LogP contribution in [0, 0.1) is 17.8 Å².